The van der Waals surface area contributed by atoms with Crippen LogP contribution in [0.3, 0.4) is 0 Å². The van der Waals surface area contributed by atoms with Crippen molar-refractivity contribution >= 4 is 5.97 Å². The molecule has 26 heavy (non-hydrogen) atoms. The maximum atomic E-state index is 12.0. The fourth-order valence-corrected chi connectivity index (χ4v) is 4.53. The number of likely N-dealkylation sites (N-methyl/N-ethyl adjacent to an activating group) is 1. The van der Waals surface area contributed by atoms with Gasteiger partial charge >= 0.3 is 5.97 Å². The van der Waals surface area contributed by atoms with Crippen molar-refractivity contribution in [3.8, 4) is 11.5 Å². The molecule has 0 aliphatic carbocycles. The number of hydrogen-bond donors (Lipinski definition) is 1. The summed E-state index contributed by atoms with van der Waals surface area (Å²) in [5.74, 6) is 0.877. The zero-order chi connectivity index (χ0) is 18.7. The van der Waals surface area contributed by atoms with Crippen molar-refractivity contribution in [1.82, 2.24) is 9.80 Å². The Morgan fingerprint density at radius 2 is 2.12 bits per heavy atom. The van der Waals surface area contributed by atoms with Gasteiger partial charge in [-0.15, -0.1) is 0 Å². The molecule has 144 valence electrons. The van der Waals surface area contributed by atoms with Crippen LogP contribution in [0, 0.1) is 5.41 Å². The van der Waals surface area contributed by atoms with Crippen molar-refractivity contribution in [2.24, 2.45) is 5.41 Å². The molecule has 0 amide bonds. The smallest absolute Gasteiger partial charge is 0.311 e. The van der Waals surface area contributed by atoms with Crippen molar-refractivity contribution < 1.29 is 19.4 Å². The van der Waals surface area contributed by atoms with E-state index in [1.807, 2.05) is 19.1 Å². The predicted octanol–water partition coefficient (Wildman–Crippen LogP) is 2.46. The minimum atomic E-state index is -0.628. The van der Waals surface area contributed by atoms with Crippen molar-refractivity contribution in [3.05, 3.63) is 23.8 Å². The fraction of sp³-hybridized carbons (Fsp3) is 0.650. The topological polar surface area (TPSA) is 62.2 Å². The number of carboxylic acids is 1. The maximum absolute atomic E-state index is 12.0. The molecule has 0 bridgehead atoms. The Bertz CT molecular complexity index is 651. The second-order valence-corrected chi connectivity index (χ2v) is 7.46. The molecule has 3 rings (SSSR count). The Balaban J connectivity index is 1.73. The third kappa shape index (κ3) is 3.53. The molecule has 2 heterocycles. The van der Waals surface area contributed by atoms with E-state index in [4.69, 9.17) is 9.47 Å². The lowest BCUT2D eigenvalue weighted by atomic mass is 9.68. The summed E-state index contributed by atoms with van der Waals surface area (Å²) in [5.41, 5.74) is 0.576. The van der Waals surface area contributed by atoms with E-state index in [1.165, 1.54) is 0 Å². The number of aliphatic carboxylic acids is 1. The SMILES string of the molecule is CCOc1ccc(CN2CC[C@@]3(C(=O)O)CCCN(C)[C@@H]3C2)cc1OC. The average Bonchev–Trinajstić information content (AvgIpc) is 2.63. The summed E-state index contributed by atoms with van der Waals surface area (Å²) in [6.07, 6.45) is 2.48. The highest BCUT2D eigenvalue weighted by Gasteiger charge is 2.52. The lowest BCUT2D eigenvalue weighted by Crippen LogP contribution is -2.62. The van der Waals surface area contributed by atoms with Gasteiger partial charge < -0.3 is 19.5 Å². The molecule has 1 aromatic carbocycles. The van der Waals surface area contributed by atoms with Gasteiger partial charge in [0.15, 0.2) is 11.5 Å². The van der Waals surface area contributed by atoms with E-state index in [2.05, 4.69) is 22.9 Å². The first-order chi connectivity index (χ1) is 12.5. The van der Waals surface area contributed by atoms with E-state index < -0.39 is 11.4 Å². The third-order valence-corrected chi connectivity index (χ3v) is 5.97. The van der Waals surface area contributed by atoms with Crippen LogP contribution in [0.5, 0.6) is 11.5 Å². The van der Waals surface area contributed by atoms with E-state index in [1.54, 1.807) is 7.11 Å². The normalized spacial score (nSPS) is 27.0. The summed E-state index contributed by atoms with van der Waals surface area (Å²) in [6, 6.07) is 6.12. The Morgan fingerprint density at radius 1 is 1.31 bits per heavy atom. The standard InChI is InChI=1S/C20H30N2O4/c1-4-26-16-7-6-15(12-17(16)25-3)13-22-11-9-20(19(23)24)8-5-10-21(2)18(20)14-22/h6-7,12,18H,4-5,8-11,13-14H2,1-3H3,(H,23,24)/t18-,20+/m1/s1. The number of fused-ring (bicyclic) bond motifs is 1. The first kappa shape index (κ1) is 19.0. The molecule has 0 unspecified atom stereocenters. The first-order valence-corrected chi connectivity index (χ1v) is 9.46. The molecule has 1 N–H and O–H groups in total. The lowest BCUT2D eigenvalue weighted by molar-refractivity contribution is -0.162. The predicted molar refractivity (Wildman–Crippen MR) is 99.8 cm³/mol. The van der Waals surface area contributed by atoms with E-state index in [9.17, 15) is 9.90 Å². The number of ether oxygens (including phenoxy) is 2. The van der Waals surface area contributed by atoms with Crippen molar-refractivity contribution in [2.75, 3.05) is 40.4 Å². The van der Waals surface area contributed by atoms with Gasteiger partial charge in [0.05, 0.1) is 19.1 Å². The number of hydrogen-bond acceptors (Lipinski definition) is 5. The van der Waals surface area contributed by atoms with Crippen LogP contribution in [0.1, 0.15) is 31.7 Å². The molecule has 0 aromatic heterocycles. The van der Waals surface area contributed by atoms with Crippen LogP contribution in [-0.2, 0) is 11.3 Å². The Morgan fingerprint density at radius 3 is 2.81 bits per heavy atom. The van der Waals surface area contributed by atoms with Crippen LogP contribution >= 0.6 is 0 Å². The number of benzene rings is 1. The number of carbonyl (C=O) groups is 1. The van der Waals surface area contributed by atoms with Crippen LogP contribution in [0.15, 0.2) is 18.2 Å². The maximum Gasteiger partial charge on any atom is 0.311 e. The van der Waals surface area contributed by atoms with Gasteiger partial charge in [-0.3, -0.25) is 9.69 Å². The molecule has 2 aliphatic rings. The molecule has 2 atom stereocenters. The van der Waals surface area contributed by atoms with E-state index in [0.717, 1.165) is 56.1 Å². The number of carboxylic acid groups (broad SMARTS) is 1. The van der Waals surface area contributed by atoms with Crippen LogP contribution in [-0.4, -0.2) is 67.3 Å². The van der Waals surface area contributed by atoms with Gasteiger partial charge in [-0.05, 0) is 64.0 Å². The van der Waals surface area contributed by atoms with Crippen LogP contribution < -0.4 is 9.47 Å². The van der Waals surface area contributed by atoms with Gasteiger partial charge in [-0.1, -0.05) is 6.07 Å². The van der Waals surface area contributed by atoms with Crippen LogP contribution in [0.25, 0.3) is 0 Å². The molecule has 1 aromatic rings. The highest BCUT2D eigenvalue weighted by atomic mass is 16.5. The summed E-state index contributed by atoms with van der Waals surface area (Å²) < 4.78 is 11.0. The highest BCUT2D eigenvalue weighted by Crippen LogP contribution is 2.42. The molecular formula is C20H30N2O4. The minimum Gasteiger partial charge on any atom is -0.493 e. The quantitative estimate of drug-likeness (QED) is 0.839. The largest absolute Gasteiger partial charge is 0.493 e. The van der Waals surface area contributed by atoms with Crippen LogP contribution in [0.2, 0.25) is 0 Å². The van der Waals surface area contributed by atoms with Crippen LogP contribution in [0.4, 0.5) is 0 Å². The first-order valence-electron chi connectivity index (χ1n) is 9.46. The van der Waals surface area contributed by atoms with Gasteiger partial charge in [0.2, 0.25) is 0 Å². The fourth-order valence-electron chi connectivity index (χ4n) is 4.53. The van der Waals surface area contributed by atoms with Gasteiger partial charge in [0.1, 0.15) is 0 Å². The van der Waals surface area contributed by atoms with Gasteiger partial charge in [-0.2, -0.15) is 0 Å². The number of piperidine rings is 2. The third-order valence-electron chi connectivity index (χ3n) is 5.97. The molecule has 0 radical (unpaired) electrons. The molecule has 0 spiro atoms. The Labute approximate surface area is 155 Å². The molecule has 6 nitrogen and oxygen atoms in total. The van der Waals surface area contributed by atoms with E-state index in [-0.39, 0.29) is 6.04 Å². The van der Waals surface area contributed by atoms with Gasteiger partial charge in [0, 0.05) is 19.1 Å². The number of nitrogens with zero attached hydrogens (tertiary/aromatic N) is 2. The van der Waals surface area contributed by atoms with E-state index >= 15 is 0 Å². The van der Waals surface area contributed by atoms with Crippen molar-refractivity contribution in [3.63, 3.8) is 0 Å². The van der Waals surface area contributed by atoms with Gasteiger partial charge in [-0.25, -0.2) is 0 Å². The zero-order valence-corrected chi connectivity index (χ0v) is 16.0. The van der Waals surface area contributed by atoms with Crippen molar-refractivity contribution in [1.29, 1.82) is 0 Å². The molecule has 6 heteroatoms. The monoisotopic (exact) mass is 362 g/mol. The molecule has 2 saturated heterocycles. The lowest BCUT2D eigenvalue weighted by Gasteiger charge is -2.51. The summed E-state index contributed by atoms with van der Waals surface area (Å²) >= 11 is 0. The summed E-state index contributed by atoms with van der Waals surface area (Å²) in [4.78, 5) is 16.6. The summed E-state index contributed by atoms with van der Waals surface area (Å²) in [7, 11) is 3.71. The highest BCUT2D eigenvalue weighted by molar-refractivity contribution is 5.76. The Hall–Kier alpha value is -1.79. The summed E-state index contributed by atoms with van der Waals surface area (Å²) in [5, 5.41) is 9.89. The second kappa shape index (κ2) is 7.84. The van der Waals surface area contributed by atoms with Gasteiger partial charge in [0.25, 0.3) is 0 Å². The number of methoxy groups -OCH3 is 1. The average molecular weight is 362 g/mol. The van der Waals surface area contributed by atoms with Crippen molar-refractivity contribution in [2.45, 2.75) is 38.8 Å². The number of likely N-dealkylation sites (tertiary alicyclic amines) is 2. The Kier molecular flexibility index (Phi) is 5.73. The number of rotatable bonds is 6. The zero-order valence-electron chi connectivity index (χ0n) is 16.0. The second-order valence-electron chi connectivity index (χ2n) is 7.46. The minimum absolute atomic E-state index is 0.0760. The molecule has 2 fully saturated rings. The molecule has 0 saturated carbocycles. The summed E-state index contributed by atoms with van der Waals surface area (Å²) in [6.45, 7) is 5.93. The molecule has 2 aliphatic heterocycles. The van der Waals surface area contributed by atoms with E-state index in [0.29, 0.717) is 13.0 Å². The molecular weight excluding hydrogens is 332 g/mol.